The Morgan fingerprint density at radius 2 is 2.18 bits per heavy atom. The van der Waals surface area contributed by atoms with Gasteiger partial charge in [-0.25, -0.2) is 9.59 Å². The highest BCUT2D eigenvalue weighted by Crippen LogP contribution is 2.29. The van der Waals surface area contributed by atoms with Gasteiger partial charge < -0.3 is 15.4 Å². The predicted molar refractivity (Wildman–Crippen MR) is 87.1 cm³/mol. The third kappa shape index (κ3) is 3.68. The standard InChI is InChI=1S/C16H19BrN2O3/c1-4-9(2)22-15(20)13-10(3)18-16(21)19-14(13)11-6-5-7-12(17)8-11/h5-9,14H,4H2,1-3H3,(H2,18,19,21)/t9-,14-/m1/s1. The summed E-state index contributed by atoms with van der Waals surface area (Å²) in [5.74, 6) is -0.413. The van der Waals surface area contributed by atoms with Crippen LogP contribution < -0.4 is 10.6 Å². The van der Waals surface area contributed by atoms with Gasteiger partial charge in [-0.05, 0) is 38.0 Å². The minimum Gasteiger partial charge on any atom is -0.459 e. The first-order valence-corrected chi connectivity index (χ1v) is 7.96. The summed E-state index contributed by atoms with van der Waals surface area (Å²) in [7, 11) is 0. The van der Waals surface area contributed by atoms with Crippen molar-refractivity contribution < 1.29 is 14.3 Å². The molecular weight excluding hydrogens is 348 g/mol. The summed E-state index contributed by atoms with van der Waals surface area (Å²) >= 11 is 3.41. The number of allylic oxidation sites excluding steroid dienone is 1. The monoisotopic (exact) mass is 366 g/mol. The van der Waals surface area contributed by atoms with Gasteiger partial charge in [-0.15, -0.1) is 0 Å². The normalized spacial score (nSPS) is 19.3. The lowest BCUT2D eigenvalue weighted by Gasteiger charge is -2.29. The predicted octanol–water partition coefficient (Wildman–Crippen LogP) is 3.42. The van der Waals surface area contributed by atoms with Crippen molar-refractivity contribution in [2.45, 2.75) is 39.3 Å². The minimum absolute atomic E-state index is 0.173. The molecule has 6 heteroatoms. The second-order valence-electron chi connectivity index (χ2n) is 5.25. The molecule has 0 spiro atoms. The van der Waals surface area contributed by atoms with Gasteiger partial charge in [0.05, 0.1) is 17.7 Å². The molecule has 1 aliphatic rings. The number of rotatable bonds is 4. The van der Waals surface area contributed by atoms with E-state index < -0.39 is 12.0 Å². The van der Waals surface area contributed by atoms with Gasteiger partial charge in [-0.3, -0.25) is 0 Å². The zero-order chi connectivity index (χ0) is 16.3. The molecule has 0 aromatic heterocycles. The topological polar surface area (TPSA) is 67.4 Å². The van der Waals surface area contributed by atoms with E-state index in [0.29, 0.717) is 11.3 Å². The minimum atomic E-state index is -0.525. The van der Waals surface area contributed by atoms with Gasteiger partial charge in [0.15, 0.2) is 0 Å². The molecule has 2 atom stereocenters. The molecule has 0 unspecified atom stereocenters. The van der Waals surface area contributed by atoms with E-state index in [1.54, 1.807) is 6.92 Å². The molecule has 1 aliphatic heterocycles. The molecule has 0 radical (unpaired) electrons. The van der Waals surface area contributed by atoms with E-state index in [4.69, 9.17) is 4.74 Å². The van der Waals surface area contributed by atoms with E-state index in [1.165, 1.54) is 0 Å². The fourth-order valence-corrected chi connectivity index (χ4v) is 2.65. The van der Waals surface area contributed by atoms with Gasteiger partial charge in [0.1, 0.15) is 0 Å². The van der Waals surface area contributed by atoms with Crippen LogP contribution in [0.25, 0.3) is 0 Å². The van der Waals surface area contributed by atoms with E-state index in [2.05, 4.69) is 26.6 Å². The van der Waals surface area contributed by atoms with Crippen LogP contribution in [0.5, 0.6) is 0 Å². The van der Waals surface area contributed by atoms with Crippen molar-refractivity contribution in [2.75, 3.05) is 0 Å². The maximum absolute atomic E-state index is 12.5. The fourth-order valence-electron chi connectivity index (χ4n) is 2.23. The Morgan fingerprint density at radius 3 is 2.82 bits per heavy atom. The van der Waals surface area contributed by atoms with Crippen LogP contribution in [0, 0.1) is 0 Å². The number of ether oxygens (including phenoxy) is 1. The highest BCUT2D eigenvalue weighted by molar-refractivity contribution is 9.10. The quantitative estimate of drug-likeness (QED) is 0.802. The van der Waals surface area contributed by atoms with E-state index in [0.717, 1.165) is 16.5 Å². The molecule has 5 nitrogen and oxygen atoms in total. The van der Waals surface area contributed by atoms with Gasteiger partial charge in [-0.1, -0.05) is 35.0 Å². The molecule has 0 bridgehead atoms. The molecule has 2 N–H and O–H groups in total. The summed E-state index contributed by atoms with van der Waals surface area (Å²) in [5, 5.41) is 5.42. The number of benzene rings is 1. The molecular formula is C16H19BrN2O3. The van der Waals surface area contributed by atoms with E-state index in [1.807, 2.05) is 38.1 Å². The first kappa shape index (κ1) is 16.5. The van der Waals surface area contributed by atoms with E-state index in [9.17, 15) is 9.59 Å². The SMILES string of the molecule is CC[C@@H](C)OC(=O)C1=C(C)NC(=O)N[C@@H]1c1cccc(Br)c1. The van der Waals surface area contributed by atoms with Crippen molar-refractivity contribution in [3.05, 3.63) is 45.6 Å². The number of amides is 2. The average Bonchev–Trinajstić information content (AvgIpc) is 2.46. The van der Waals surface area contributed by atoms with Crippen LogP contribution >= 0.6 is 15.9 Å². The molecule has 2 amide bonds. The Kier molecular flexibility index (Phi) is 5.24. The maximum Gasteiger partial charge on any atom is 0.338 e. The summed E-state index contributed by atoms with van der Waals surface area (Å²) in [5.41, 5.74) is 1.76. The molecule has 0 fully saturated rings. The third-order valence-corrected chi connectivity index (χ3v) is 4.05. The molecule has 22 heavy (non-hydrogen) atoms. The molecule has 1 aromatic rings. The van der Waals surface area contributed by atoms with Crippen molar-refractivity contribution in [2.24, 2.45) is 0 Å². The Labute approximate surface area is 138 Å². The Balaban J connectivity index is 2.39. The zero-order valence-corrected chi connectivity index (χ0v) is 14.4. The van der Waals surface area contributed by atoms with Gasteiger partial charge in [0, 0.05) is 10.2 Å². The molecule has 118 valence electrons. The maximum atomic E-state index is 12.5. The lowest BCUT2D eigenvalue weighted by atomic mass is 9.95. The molecule has 1 heterocycles. The van der Waals surface area contributed by atoms with Crippen LogP contribution in [-0.4, -0.2) is 18.1 Å². The summed E-state index contributed by atoms with van der Waals surface area (Å²) in [6.07, 6.45) is 0.563. The van der Waals surface area contributed by atoms with Gasteiger partial charge in [-0.2, -0.15) is 0 Å². The lowest BCUT2D eigenvalue weighted by molar-refractivity contribution is -0.144. The molecule has 1 aromatic carbocycles. The van der Waals surface area contributed by atoms with Crippen LogP contribution in [-0.2, 0) is 9.53 Å². The molecule has 2 rings (SSSR count). The highest BCUT2D eigenvalue weighted by atomic mass is 79.9. The van der Waals surface area contributed by atoms with Crippen molar-refractivity contribution >= 4 is 27.9 Å². The number of nitrogens with one attached hydrogen (secondary N) is 2. The Bertz CT molecular complexity index is 628. The molecule has 0 saturated heterocycles. The fraction of sp³-hybridized carbons (Fsp3) is 0.375. The number of hydrogen-bond acceptors (Lipinski definition) is 3. The van der Waals surface area contributed by atoms with Crippen LogP contribution in [0.4, 0.5) is 4.79 Å². The third-order valence-electron chi connectivity index (χ3n) is 3.55. The van der Waals surface area contributed by atoms with Crippen LogP contribution in [0.15, 0.2) is 40.0 Å². The van der Waals surface area contributed by atoms with Gasteiger partial charge in [0.2, 0.25) is 0 Å². The first-order valence-electron chi connectivity index (χ1n) is 7.17. The Hall–Kier alpha value is -1.82. The molecule has 0 aliphatic carbocycles. The van der Waals surface area contributed by atoms with Crippen molar-refractivity contribution in [3.8, 4) is 0 Å². The number of esters is 1. The van der Waals surface area contributed by atoms with E-state index in [-0.39, 0.29) is 12.1 Å². The van der Waals surface area contributed by atoms with Crippen molar-refractivity contribution in [1.82, 2.24) is 10.6 Å². The van der Waals surface area contributed by atoms with E-state index >= 15 is 0 Å². The van der Waals surface area contributed by atoms with Crippen molar-refractivity contribution in [1.29, 1.82) is 0 Å². The number of carbonyl (C=O) groups is 2. The van der Waals surface area contributed by atoms with Crippen LogP contribution in [0.3, 0.4) is 0 Å². The highest BCUT2D eigenvalue weighted by Gasteiger charge is 2.32. The first-order chi connectivity index (χ1) is 10.4. The summed E-state index contributed by atoms with van der Waals surface area (Å²) in [6.45, 7) is 5.50. The zero-order valence-electron chi connectivity index (χ0n) is 12.8. The van der Waals surface area contributed by atoms with Gasteiger partial charge in [0.25, 0.3) is 0 Å². The number of urea groups is 1. The smallest absolute Gasteiger partial charge is 0.338 e. The lowest BCUT2D eigenvalue weighted by Crippen LogP contribution is -2.45. The summed E-state index contributed by atoms with van der Waals surface area (Å²) < 4.78 is 6.31. The summed E-state index contributed by atoms with van der Waals surface area (Å²) in [4.78, 5) is 24.2. The number of carbonyl (C=O) groups excluding carboxylic acids is 2. The van der Waals surface area contributed by atoms with Crippen LogP contribution in [0.1, 0.15) is 38.8 Å². The number of halogens is 1. The number of hydrogen-bond donors (Lipinski definition) is 2. The molecule has 0 saturated carbocycles. The Morgan fingerprint density at radius 1 is 1.45 bits per heavy atom. The average molecular weight is 367 g/mol. The second kappa shape index (κ2) is 6.96. The van der Waals surface area contributed by atoms with Gasteiger partial charge >= 0.3 is 12.0 Å². The largest absolute Gasteiger partial charge is 0.459 e. The summed E-state index contributed by atoms with van der Waals surface area (Å²) in [6, 6.07) is 6.64. The van der Waals surface area contributed by atoms with Crippen LogP contribution in [0.2, 0.25) is 0 Å². The second-order valence-corrected chi connectivity index (χ2v) is 6.17. The van der Waals surface area contributed by atoms with Crippen molar-refractivity contribution in [3.63, 3.8) is 0 Å².